The summed E-state index contributed by atoms with van der Waals surface area (Å²) in [5, 5.41) is 6.36. The molecule has 0 radical (unpaired) electrons. The SMILES string of the molecule is Cc1ccc(CNC(=O)[C@@H](C)N[C@@H](C)c2ccccc2C)cc1. The van der Waals surface area contributed by atoms with Crippen LogP contribution in [-0.2, 0) is 11.3 Å². The molecule has 122 valence electrons. The molecule has 3 heteroatoms. The average Bonchev–Trinajstić information content (AvgIpc) is 2.54. The van der Waals surface area contributed by atoms with Crippen LogP contribution in [0.4, 0.5) is 0 Å². The number of aryl methyl sites for hydroxylation is 2. The van der Waals surface area contributed by atoms with Gasteiger partial charge in [-0.1, -0.05) is 54.1 Å². The Morgan fingerprint density at radius 2 is 1.65 bits per heavy atom. The number of carbonyl (C=O) groups excluding carboxylic acids is 1. The fourth-order valence-electron chi connectivity index (χ4n) is 2.66. The Morgan fingerprint density at radius 1 is 1.00 bits per heavy atom. The highest BCUT2D eigenvalue weighted by Crippen LogP contribution is 2.17. The molecule has 1 amide bonds. The summed E-state index contributed by atoms with van der Waals surface area (Å²) >= 11 is 0. The van der Waals surface area contributed by atoms with Crippen molar-refractivity contribution in [3.05, 3.63) is 70.8 Å². The summed E-state index contributed by atoms with van der Waals surface area (Å²) in [7, 11) is 0. The summed E-state index contributed by atoms with van der Waals surface area (Å²) in [5.74, 6) is 0.0195. The number of amides is 1. The van der Waals surface area contributed by atoms with Crippen LogP contribution in [0.25, 0.3) is 0 Å². The zero-order valence-corrected chi connectivity index (χ0v) is 14.4. The van der Waals surface area contributed by atoms with Crippen molar-refractivity contribution < 1.29 is 4.79 Å². The van der Waals surface area contributed by atoms with Crippen LogP contribution in [0.15, 0.2) is 48.5 Å². The largest absolute Gasteiger partial charge is 0.351 e. The minimum Gasteiger partial charge on any atom is -0.351 e. The molecule has 2 aromatic rings. The fraction of sp³-hybridized carbons (Fsp3) is 0.350. The summed E-state index contributed by atoms with van der Waals surface area (Å²) in [4.78, 5) is 12.3. The number of benzene rings is 2. The van der Waals surface area contributed by atoms with Crippen molar-refractivity contribution in [1.82, 2.24) is 10.6 Å². The number of carbonyl (C=O) groups is 1. The maximum Gasteiger partial charge on any atom is 0.237 e. The van der Waals surface area contributed by atoms with Crippen LogP contribution in [0.5, 0.6) is 0 Å². The number of hydrogen-bond donors (Lipinski definition) is 2. The molecule has 0 bridgehead atoms. The maximum atomic E-state index is 12.3. The number of nitrogens with one attached hydrogen (secondary N) is 2. The van der Waals surface area contributed by atoms with Crippen LogP contribution >= 0.6 is 0 Å². The molecule has 2 rings (SSSR count). The fourth-order valence-corrected chi connectivity index (χ4v) is 2.66. The van der Waals surface area contributed by atoms with Crippen LogP contribution in [0.1, 0.15) is 42.1 Å². The van der Waals surface area contributed by atoms with Crippen molar-refractivity contribution in [3.8, 4) is 0 Å². The highest BCUT2D eigenvalue weighted by molar-refractivity contribution is 5.81. The molecule has 0 aliphatic rings. The van der Waals surface area contributed by atoms with Gasteiger partial charge in [0.15, 0.2) is 0 Å². The van der Waals surface area contributed by atoms with Gasteiger partial charge in [0.05, 0.1) is 6.04 Å². The van der Waals surface area contributed by atoms with E-state index in [1.54, 1.807) is 0 Å². The lowest BCUT2D eigenvalue weighted by atomic mass is 10.0. The molecule has 0 spiro atoms. The molecule has 0 heterocycles. The van der Waals surface area contributed by atoms with Gasteiger partial charge in [0, 0.05) is 12.6 Å². The van der Waals surface area contributed by atoms with E-state index >= 15 is 0 Å². The van der Waals surface area contributed by atoms with Gasteiger partial charge in [-0.3, -0.25) is 10.1 Å². The third kappa shape index (κ3) is 4.93. The van der Waals surface area contributed by atoms with E-state index in [0.29, 0.717) is 6.54 Å². The second-order valence-corrected chi connectivity index (χ2v) is 6.17. The van der Waals surface area contributed by atoms with Crippen LogP contribution < -0.4 is 10.6 Å². The van der Waals surface area contributed by atoms with Crippen molar-refractivity contribution in [2.75, 3.05) is 0 Å². The highest BCUT2D eigenvalue weighted by atomic mass is 16.2. The van der Waals surface area contributed by atoms with E-state index in [4.69, 9.17) is 0 Å². The second-order valence-electron chi connectivity index (χ2n) is 6.17. The van der Waals surface area contributed by atoms with Crippen molar-refractivity contribution >= 4 is 5.91 Å². The normalized spacial score (nSPS) is 13.4. The van der Waals surface area contributed by atoms with Gasteiger partial charge in [-0.25, -0.2) is 0 Å². The number of hydrogen-bond acceptors (Lipinski definition) is 2. The third-order valence-corrected chi connectivity index (χ3v) is 4.14. The minimum atomic E-state index is -0.241. The van der Waals surface area contributed by atoms with Gasteiger partial charge < -0.3 is 5.32 Å². The predicted molar refractivity (Wildman–Crippen MR) is 95.2 cm³/mol. The molecule has 23 heavy (non-hydrogen) atoms. The van der Waals surface area contributed by atoms with Gasteiger partial charge in [0.1, 0.15) is 0 Å². The lowest BCUT2D eigenvalue weighted by Gasteiger charge is -2.21. The van der Waals surface area contributed by atoms with Crippen molar-refractivity contribution in [2.45, 2.75) is 46.3 Å². The maximum absolute atomic E-state index is 12.3. The van der Waals surface area contributed by atoms with Crippen LogP contribution in [0.2, 0.25) is 0 Å². The molecule has 0 aliphatic heterocycles. The van der Waals surface area contributed by atoms with Crippen molar-refractivity contribution in [3.63, 3.8) is 0 Å². The highest BCUT2D eigenvalue weighted by Gasteiger charge is 2.16. The first kappa shape index (κ1) is 17.2. The summed E-state index contributed by atoms with van der Waals surface area (Å²) < 4.78 is 0. The zero-order valence-electron chi connectivity index (χ0n) is 14.4. The lowest BCUT2D eigenvalue weighted by molar-refractivity contribution is -0.123. The first-order valence-electron chi connectivity index (χ1n) is 8.12. The molecule has 0 fully saturated rings. The standard InChI is InChI=1S/C20H26N2O/c1-14-9-11-18(12-10-14)13-21-20(23)17(4)22-16(3)19-8-6-5-7-15(19)2/h5-12,16-17,22H,13H2,1-4H3,(H,21,23)/t16-,17+/m0/s1. The van der Waals surface area contributed by atoms with Crippen LogP contribution in [0.3, 0.4) is 0 Å². The predicted octanol–water partition coefficient (Wildman–Crippen LogP) is 3.66. The smallest absolute Gasteiger partial charge is 0.237 e. The molecule has 0 unspecified atom stereocenters. The van der Waals surface area contributed by atoms with E-state index in [1.807, 2.05) is 31.2 Å². The first-order valence-corrected chi connectivity index (χ1v) is 8.12. The molecular formula is C20H26N2O. The molecule has 0 aliphatic carbocycles. The Hall–Kier alpha value is -2.13. The zero-order chi connectivity index (χ0) is 16.8. The second kappa shape index (κ2) is 7.93. The van der Waals surface area contributed by atoms with E-state index in [0.717, 1.165) is 5.56 Å². The van der Waals surface area contributed by atoms with Crippen LogP contribution in [0, 0.1) is 13.8 Å². The van der Waals surface area contributed by atoms with Crippen LogP contribution in [-0.4, -0.2) is 11.9 Å². The van der Waals surface area contributed by atoms with E-state index in [9.17, 15) is 4.79 Å². The van der Waals surface area contributed by atoms with Gasteiger partial charge in [0.25, 0.3) is 0 Å². The summed E-state index contributed by atoms with van der Waals surface area (Å²) in [6, 6.07) is 16.4. The van der Waals surface area contributed by atoms with Gasteiger partial charge in [0.2, 0.25) is 5.91 Å². The molecule has 0 aromatic heterocycles. The van der Waals surface area contributed by atoms with E-state index in [1.165, 1.54) is 16.7 Å². The summed E-state index contributed by atoms with van der Waals surface area (Å²) in [6.45, 7) is 8.70. The van der Waals surface area contributed by atoms with Gasteiger partial charge in [-0.2, -0.15) is 0 Å². The van der Waals surface area contributed by atoms with Crippen molar-refractivity contribution in [1.29, 1.82) is 0 Å². The Balaban J connectivity index is 1.87. The molecule has 2 aromatic carbocycles. The monoisotopic (exact) mass is 310 g/mol. The third-order valence-electron chi connectivity index (χ3n) is 4.14. The molecule has 0 saturated carbocycles. The minimum absolute atomic E-state index is 0.0195. The molecule has 3 nitrogen and oxygen atoms in total. The van der Waals surface area contributed by atoms with E-state index in [-0.39, 0.29) is 18.0 Å². The quantitative estimate of drug-likeness (QED) is 0.855. The lowest BCUT2D eigenvalue weighted by Crippen LogP contribution is -2.42. The molecule has 2 N–H and O–H groups in total. The Bertz CT molecular complexity index is 649. The van der Waals surface area contributed by atoms with Gasteiger partial charge in [-0.15, -0.1) is 0 Å². The van der Waals surface area contributed by atoms with Gasteiger partial charge in [-0.05, 0) is 44.4 Å². The average molecular weight is 310 g/mol. The summed E-state index contributed by atoms with van der Waals surface area (Å²) in [5.41, 5.74) is 4.80. The molecular weight excluding hydrogens is 284 g/mol. The first-order chi connectivity index (χ1) is 11.0. The van der Waals surface area contributed by atoms with E-state index < -0.39 is 0 Å². The Labute approximate surface area is 139 Å². The molecule has 2 atom stereocenters. The summed E-state index contributed by atoms with van der Waals surface area (Å²) in [6.07, 6.45) is 0. The van der Waals surface area contributed by atoms with Gasteiger partial charge >= 0.3 is 0 Å². The Morgan fingerprint density at radius 3 is 2.30 bits per heavy atom. The Kier molecular flexibility index (Phi) is 5.94. The van der Waals surface area contributed by atoms with Crippen molar-refractivity contribution in [2.24, 2.45) is 0 Å². The van der Waals surface area contributed by atoms with E-state index in [2.05, 4.69) is 55.7 Å². The number of rotatable bonds is 6. The molecule has 0 saturated heterocycles. The topological polar surface area (TPSA) is 41.1 Å².